The Morgan fingerprint density at radius 3 is 2.42 bits per heavy atom. The van der Waals surface area contributed by atoms with E-state index >= 15 is 0 Å². The number of hydrogen-bond acceptors (Lipinski definition) is 7. The van der Waals surface area contributed by atoms with Gasteiger partial charge < -0.3 is 19.1 Å². The maximum absolute atomic E-state index is 10.0. The first kappa shape index (κ1) is 23.4. The van der Waals surface area contributed by atoms with Crippen LogP contribution in [0.4, 0.5) is 5.82 Å². The molecule has 1 aromatic heterocycles. The second-order valence-electron chi connectivity index (χ2n) is 8.80. The highest BCUT2D eigenvalue weighted by atomic mass is 16.5. The zero-order chi connectivity index (χ0) is 24.9. The van der Waals surface area contributed by atoms with Crippen molar-refractivity contribution in [2.24, 2.45) is 0 Å². The Morgan fingerprint density at radius 1 is 0.917 bits per heavy atom. The zero-order valence-corrected chi connectivity index (χ0v) is 20.5. The third kappa shape index (κ3) is 4.89. The summed E-state index contributed by atoms with van der Waals surface area (Å²) in [5.74, 6) is 2.96. The lowest BCUT2D eigenvalue weighted by molar-refractivity contribution is 0.284. The van der Waals surface area contributed by atoms with Crippen LogP contribution in [0.1, 0.15) is 35.1 Å². The van der Waals surface area contributed by atoms with E-state index in [2.05, 4.69) is 16.0 Å². The Bertz CT molecular complexity index is 1410. The average molecular weight is 481 g/mol. The van der Waals surface area contributed by atoms with Crippen molar-refractivity contribution in [3.05, 3.63) is 83.0 Å². The number of nitriles is 1. The molecule has 0 aliphatic carbocycles. The predicted octanol–water partition coefficient (Wildman–Crippen LogP) is 5.29. The molecule has 3 aromatic carbocycles. The fourth-order valence-electron chi connectivity index (χ4n) is 4.52. The Morgan fingerprint density at radius 2 is 1.69 bits per heavy atom. The molecule has 1 aliphatic rings. The van der Waals surface area contributed by atoms with Crippen LogP contribution >= 0.6 is 0 Å². The van der Waals surface area contributed by atoms with E-state index in [1.807, 2.05) is 60.8 Å². The fraction of sp³-hybridized carbons (Fsp3) is 0.276. The second-order valence-corrected chi connectivity index (χ2v) is 8.80. The van der Waals surface area contributed by atoms with Gasteiger partial charge in [-0.3, -0.25) is 4.98 Å². The third-order valence-corrected chi connectivity index (χ3v) is 6.51. The predicted molar refractivity (Wildman–Crippen MR) is 139 cm³/mol. The Kier molecular flexibility index (Phi) is 6.85. The maximum Gasteiger partial charge on any atom is 0.161 e. The average Bonchev–Trinajstić information content (AvgIpc) is 3.47. The lowest BCUT2D eigenvalue weighted by Crippen LogP contribution is -2.19. The molecule has 2 heterocycles. The molecule has 0 bridgehead atoms. The molecule has 4 aromatic rings. The quantitative estimate of drug-likeness (QED) is 0.339. The zero-order valence-electron chi connectivity index (χ0n) is 20.5. The molecule has 1 saturated heterocycles. The molecule has 0 unspecified atom stereocenters. The molecule has 1 fully saturated rings. The molecule has 0 radical (unpaired) electrons. The van der Waals surface area contributed by atoms with Gasteiger partial charge in [0.1, 0.15) is 29.8 Å². The molecular formula is C29H28N4O3. The summed E-state index contributed by atoms with van der Waals surface area (Å²) in [7, 11) is 3.28. The van der Waals surface area contributed by atoms with E-state index < -0.39 is 0 Å². The maximum atomic E-state index is 10.0. The van der Waals surface area contributed by atoms with Gasteiger partial charge in [0.05, 0.1) is 31.5 Å². The number of ether oxygens (including phenoxy) is 3. The van der Waals surface area contributed by atoms with Crippen LogP contribution in [-0.2, 0) is 13.0 Å². The summed E-state index contributed by atoms with van der Waals surface area (Å²) in [6, 6.07) is 19.9. The van der Waals surface area contributed by atoms with E-state index in [0.717, 1.165) is 59.7 Å². The molecule has 5 rings (SSSR count). The largest absolute Gasteiger partial charge is 0.497 e. The van der Waals surface area contributed by atoms with Gasteiger partial charge in [0.15, 0.2) is 11.5 Å². The Labute approximate surface area is 210 Å². The molecule has 182 valence electrons. The summed E-state index contributed by atoms with van der Waals surface area (Å²) in [4.78, 5) is 11.6. The van der Waals surface area contributed by atoms with Crippen molar-refractivity contribution in [2.45, 2.75) is 25.9 Å². The van der Waals surface area contributed by atoms with Gasteiger partial charge in [-0.15, -0.1) is 0 Å². The van der Waals surface area contributed by atoms with Gasteiger partial charge in [-0.25, -0.2) is 4.98 Å². The van der Waals surface area contributed by atoms with Crippen molar-refractivity contribution in [1.29, 1.82) is 5.26 Å². The van der Waals surface area contributed by atoms with Crippen LogP contribution in [0.15, 0.2) is 60.8 Å². The van der Waals surface area contributed by atoms with Crippen LogP contribution in [0.2, 0.25) is 0 Å². The number of rotatable bonds is 8. The van der Waals surface area contributed by atoms with Crippen molar-refractivity contribution in [2.75, 3.05) is 32.2 Å². The summed E-state index contributed by atoms with van der Waals surface area (Å²) in [5.41, 5.74) is 4.92. The summed E-state index contributed by atoms with van der Waals surface area (Å²) in [6.07, 6.45) is 4.70. The van der Waals surface area contributed by atoms with Gasteiger partial charge >= 0.3 is 0 Å². The van der Waals surface area contributed by atoms with Crippen LogP contribution in [0.3, 0.4) is 0 Å². The minimum absolute atomic E-state index is 0.418. The van der Waals surface area contributed by atoms with Crippen molar-refractivity contribution >= 4 is 16.9 Å². The molecule has 7 heteroatoms. The normalized spacial score (nSPS) is 13.0. The number of methoxy groups -OCH3 is 2. The highest BCUT2D eigenvalue weighted by Gasteiger charge is 2.17. The van der Waals surface area contributed by atoms with E-state index in [9.17, 15) is 5.26 Å². The van der Waals surface area contributed by atoms with E-state index in [-0.39, 0.29) is 0 Å². The van der Waals surface area contributed by atoms with E-state index in [4.69, 9.17) is 19.2 Å². The molecule has 0 N–H and O–H groups in total. The van der Waals surface area contributed by atoms with Gasteiger partial charge in [0.25, 0.3) is 0 Å². The third-order valence-electron chi connectivity index (χ3n) is 6.51. The summed E-state index contributed by atoms with van der Waals surface area (Å²) >= 11 is 0. The van der Waals surface area contributed by atoms with Gasteiger partial charge in [-0.05, 0) is 66.3 Å². The molecule has 36 heavy (non-hydrogen) atoms. The minimum Gasteiger partial charge on any atom is -0.497 e. The first-order valence-corrected chi connectivity index (χ1v) is 12.0. The van der Waals surface area contributed by atoms with Crippen molar-refractivity contribution in [3.8, 4) is 23.3 Å². The van der Waals surface area contributed by atoms with Crippen LogP contribution in [-0.4, -0.2) is 37.3 Å². The number of fused-ring (bicyclic) bond motifs is 1. The monoisotopic (exact) mass is 480 g/mol. The van der Waals surface area contributed by atoms with Crippen LogP contribution in [0.25, 0.3) is 11.0 Å². The highest BCUT2D eigenvalue weighted by molar-refractivity contribution is 5.83. The second kappa shape index (κ2) is 10.5. The van der Waals surface area contributed by atoms with Gasteiger partial charge in [0, 0.05) is 13.1 Å². The van der Waals surface area contributed by atoms with Gasteiger partial charge in [-0.2, -0.15) is 5.26 Å². The molecule has 7 nitrogen and oxygen atoms in total. The first-order chi connectivity index (χ1) is 17.7. The van der Waals surface area contributed by atoms with Crippen molar-refractivity contribution in [1.82, 2.24) is 9.97 Å². The van der Waals surface area contributed by atoms with Gasteiger partial charge in [0.2, 0.25) is 0 Å². The van der Waals surface area contributed by atoms with Gasteiger partial charge in [-0.1, -0.05) is 24.3 Å². The van der Waals surface area contributed by atoms with E-state index in [1.54, 1.807) is 14.2 Å². The topological polar surface area (TPSA) is 80.5 Å². The number of anilines is 1. The van der Waals surface area contributed by atoms with Crippen LogP contribution in [0.5, 0.6) is 17.2 Å². The van der Waals surface area contributed by atoms with Crippen molar-refractivity contribution < 1.29 is 14.2 Å². The lowest BCUT2D eigenvalue weighted by atomic mass is 9.98. The molecule has 0 atom stereocenters. The summed E-state index contributed by atoms with van der Waals surface area (Å²) < 4.78 is 16.8. The fourth-order valence-corrected chi connectivity index (χ4v) is 4.52. The standard InChI is InChI=1S/C29H28N4O3/c1-34-23-9-5-20(6-10-23)19-36-26-12-7-21(16-27(26)35-2)15-22-8-11-25-29(24(22)17-30)32-28(18-31-25)33-13-3-4-14-33/h5-12,16,18H,3-4,13-15,19H2,1-2H3. The SMILES string of the molecule is COc1ccc(COc2ccc(Cc3ccc4ncc(N5CCCC5)nc4c3C#N)cc2OC)cc1. The molecule has 1 aliphatic heterocycles. The number of nitrogens with zero attached hydrogens (tertiary/aromatic N) is 4. The smallest absolute Gasteiger partial charge is 0.161 e. The van der Waals surface area contributed by atoms with Crippen LogP contribution < -0.4 is 19.1 Å². The van der Waals surface area contributed by atoms with Crippen LogP contribution in [0, 0.1) is 11.3 Å². The van der Waals surface area contributed by atoms with E-state index in [1.165, 1.54) is 0 Å². The number of hydrogen-bond donors (Lipinski definition) is 0. The molecule has 0 spiro atoms. The first-order valence-electron chi connectivity index (χ1n) is 12.0. The Hall–Kier alpha value is -4.31. The number of benzene rings is 3. The van der Waals surface area contributed by atoms with E-state index in [0.29, 0.717) is 35.6 Å². The summed E-state index contributed by atoms with van der Waals surface area (Å²) in [6.45, 7) is 2.38. The molecule has 0 amide bonds. The summed E-state index contributed by atoms with van der Waals surface area (Å²) in [5, 5.41) is 10.0. The molecular weight excluding hydrogens is 452 g/mol. The van der Waals surface area contributed by atoms with Crippen molar-refractivity contribution in [3.63, 3.8) is 0 Å². The number of aromatic nitrogens is 2. The Balaban J connectivity index is 1.37. The highest BCUT2D eigenvalue weighted by Crippen LogP contribution is 2.31. The lowest BCUT2D eigenvalue weighted by Gasteiger charge is -2.17. The molecule has 0 saturated carbocycles. The minimum atomic E-state index is 0.418.